The van der Waals surface area contributed by atoms with Crippen LogP contribution >= 0.6 is 12.2 Å². The number of benzene rings is 1. The van der Waals surface area contributed by atoms with Gasteiger partial charge >= 0.3 is 0 Å². The van der Waals surface area contributed by atoms with Crippen molar-refractivity contribution in [1.82, 2.24) is 4.90 Å². The Kier molecular flexibility index (Phi) is 5.95. The minimum absolute atomic E-state index is 0.398. The molecule has 110 valence electrons. The fourth-order valence-corrected chi connectivity index (χ4v) is 2.85. The highest BCUT2D eigenvalue weighted by Crippen LogP contribution is 2.18. The molecule has 1 saturated heterocycles. The Labute approximate surface area is 126 Å². The number of likely N-dealkylation sites (tertiary alicyclic amines) is 1. The van der Waals surface area contributed by atoms with E-state index >= 15 is 0 Å². The van der Waals surface area contributed by atoms with Crippen LogP contribution in [0.4, 0.5) is 0 Å². The van der Waals surface area contributed by atoms with E-state index in [1.54, 1.807) is 0 Å². The van der Waals surface area contributed by atoms with Crippen molar-refractivity contribution in [3.63, 3.8) is 0 Å². The maximum Gasteiger partial charge on any atom is 0.103 e. The molecule has 20 heavy (non-hydrogen) atoms. The average molecular weight is 292 g/mol. The first kappa shape index (κ1) is 15.4. The third-order valence-corrected chi connectivity index (χ3v) is 4.20. The number of hydrogen-bond donors (Lipinski definition) is 2. The van der Waals surface area contributed by atoms with Gasteiger partial charge in [0.1, 0.15) is 4.99 Å². The highest BCUT2D eigenvalue weighted by Gasteiger charge is 2.14. The van der Waals surface area contributed by atoms with E-state index in [0.29, 0.717) is 11.5 Å². The van der Waals surface area contributed by atoms with Gasteiger partial charge in [-0.1, -0.05) is 55.7 Å². The Morgan fingerprint density at radius 2 is 1.65 bits per heavy atom. The molecular weight excluding hydrogens is 268 g/mol. The lowest BCUT2D eigenvalue weighted by Crippen LogP contribution is -2.31. The number of aliphatic hydroxyl groups is 1. The van der Waals surface area contributed by atoms with E-state index in [1.165, 1.54) is 32.1 Å². The third-order valence-electron chi connectivity index (χ3n) is 3.96. The van der Waals surface area contributed by atoms with E-state index in [1.807, 2.05) is 24.3 Å². The lowest BCUT2D eigenvalue weighted by molar-refractivity contribution is 0.108. The van der Waals surface area contributed by atoms with Gasteiger partial charge in [0.15, 0.2) is 0 Å². The molecule has 0 amide bonds. The lowest BCUT2D eigenvalue weighted by atomic mass is 10.0. The van der Waals surface area contributed by atoms with Gasteiger partial charge in [-0.3, -0.25) is 0 Å². The molecule has 1 aliphatic heterocycles. The Balaban J connectivity index is 1.92. The molecule has 1 heterocycles. The fourth-order valence-electron chi connectivity index (χ4n) is 2.72. The largest absolute Gasteiger partial charge is 0.389 e. The van der Waals surface area contributed by atoms with Crippen LogP contribution in [0.15, 0.2) is 24.3 Å². The van der Waals surface area contributed by atoms with Gasteiger partial charge in [-0.05, 0) is 31.5 Å². The summed E-state index contributed by atoms with van der Waals surface area (Å²) in [7, 11) is 0. The minimum atomic E-state index is -0.435. The summed E-state index contributed by atoms with van der Waals surface area (Å²) in [5.74, 6) is 0. The number of hydrogen-bond acceptors (Lipinski definition) is 3. The summed E-state index contributed by atoms with van der Waals surface area (Å²) in [6.45, 7) is 2.91. The van der Waals surface area contributed by atoms with Gasteiger partial charge in [0.05, 0.1) is 6.10 Å². The third kappa shape index (κ3) is 4.54. The van der Waals surface area contributed by atoms with Crippen LogP contribution in [0.2, 0.25) is 0 Å². The molecule has 1 fully saturated rings. The normalized spacial score (nSPS) is 19.1. The zero-order valence-corrected chi connectivity index (χ0v) is 12.7. The van der Waals surface area contributed by atoms with E-state index in [9.17, 15) is 5.11 Å². The molecule has 1 aromatic carbocycles. The van der Waals surface area contributed by atoms with Crippen LogP contribution in [-0.4, -0.2) is 34.6 Å². The van der Waals surface area contributed by atoms with Crippen molar-refractivity contribution in [2.24, 2.45) is 5.73 Å². The molecular formula is C16H24N2OS. The maximum atomic E-state index is 10.4. The van der Waals surface area contributed by atoms with Gasteiger partial charge in [0.2, 0.25) is 0 Å². The van der Waals surface area contributed by atoms with E-state index in [0.717, 1.165) is 24.2 Å². The number of β-amino-alcohol motifs (C(OH)–C–C–N with tert-alkyl or cyclic N) is 1. The fraction of sp³-hybridized carbons (Fsp3) is 0.562. The highest BCUT2D eigenvalue weighted by atomic mass is 32.1. The maximum absolute atomic E-state index is 10.4. The quantitative estimate of drug-likeness (QED) is 0.838. The molecule has 4 heteroatoms. The topological polar surface area (TPSA) is 49.5 Å². The van der Waals surface area contributed by atoms with Crippen molar-refractivity contribution in [2.75, 3.05) is 19.6 Å². The van der Waals surface area contributed by atoms with Crippen LogP contribution < -0.4 is 5.73 Å². The summed E-state index contributed by atoms with van der Waals surface area (Å²) in [5, 5.41) is 10.4. The molecule has 2 rings (SSSR count). The number of nitrogens with zero attached hydrogens (tertiary/aromatic N) is 1. The van der Waals surface area contributed by atoms with Crippen LogP contribution in [0, 0.1) is 0 Å². The van der Waals surface area contributed by atoms with Crippen LogP contribution in [0.25, 0.3) is 0 Å². The molecule has 3 nitrogen and oxygen atoms in total. The van der Waals surface area contributed by atoms with Gasteiger partial charge in [-0.25, -0.2) is 0 Å². The first-order valence-electron chi connectivity index (χ1n) is 7.47. The molecule has 3 N–H and O–H groups in total. The zero-order valence-electron chi connectivity index (χ0n) is 11.9. The zero-order chi connectivity index (χ0) is 14.4. The summed E-state index contributed by atoms with van der Waals surface area (Å²) in [4.78, 5) is 2.78. The van der Waals surface area contributed by atoms with Crippen LogP contribution in [-0.2, 0) is 0 Å². The van der Waals surface area contributed by atoms with Gasteiger partial charge in [-0.15, -0.1) is 0 Å². The smallest absolute Gasteiger partial charge is 0.103 e. The van der Waals surface area contributed by atoms with Crippen molar-refractivity contribution in [2.45, 2.75) is 38.2 Å². The molecule has 0 saturated carbocycles. The van der Waals surface area contributed by atoms with E-state index in [4.69, 9.17) is 18.0 Å². The van der Waals surface area contributed by atoms with Crippen LogP contribution in [0.5, 0.6) is 0 Å². The van der Waals surface area contributed by atoms with Gasteiger partial charge in [0.25, 0.3) is 0 Å². The van der Waals surface area contributed by atoms with Crippen molar-refractivity contribution in [1.29, 1.82) is 0 Å². The molecule has 1 unspecified atom stereocenters. The second-order valence-corrected chi connectivity index (χ2v) is 6.01. The summed E-state index contributed by atoms with van der Waals surface area (Å²) in [6.07, 6.45) is 6.04. The summed E-state index contributed by atoms with van der Waals surface area (Å²) < 4.78 is 0. The Hall–Kier alpha value is -0.970. The number of nitrogens with two attached hydrogens (primary N) is 1. The Morgan fingerprint density at radius 3 is 2.20 bits per heavy atom. The standard InChI is InChI=1S/C16H24N2OS/c17-16(20)14-8-6-13(7-9-14)15(19)12-18-10-4-2-1-3-5-11-18/h6-9,15,19H,1-5,10-12H2,(H2,17,20). The average Bonchev–Trinajstić information content (AvgIpc) is 2.41. The predicted molar refractivity (Wildman–Crippen MR) is 86.8 cm³/mol. The van der Waals surface area contributed by atoms with Gasteiger partial charge in [0, 0.05) is 12.1 Å². The number of thiocarbonyl (C=S) groups is 1. The SMILES string of the molecule is NC(=S)c1ccc(C(O)CN2CCCCCCC2)cc1. The molecule has 0 spiro atoms. The van der Waals surface area contributed by atoms with Gasteiger partial charge < -0.3 is 15.7 Å². The van der Waals surface area contributed by atoms with Crippen molar-refractivity contribution < 1.29 is 5.11 Å². The monoisotopic (exact) mass is 292 g/mol. The van der Waals surface area contributed by atoms with Crippen molar-refractivity contribution in [3.8, 4) is 0 Å². The summed E-state index contributed by atoms with van der Waals surface area (Å²) in [5.41, 5.74) is 7.37. The molecule has 0 radical (unpaired) electrons. The molecule has 0 aliphatic carbocycles. The first-order valence-corrected chi connectivity index (χ1v) is 7.88. The van der Waals surface area contributed by atoms with Crippen molar-refractivity contribution in [3.05, 3.63) is 35.4 Å². The summed E-state index contributed by atoms with van der Waals surface area (Å²) >= 11 is 4.94. The Morgan fingerprint density at radius 1 is 1.10 bits per heavy atom. The second kappa shape index (κ2) is 7.72. The van der Waals surface area contributed by atoms with Crippen LogP contribution in [0.1, 0.15) is 49.3 Å². The van der Waals surface area contributed by atoms with Crippen molar-refractivity contribution >= 4 is 17.2 Å². The van der Waals surface area contributed by atoms with E-state index in [-0.39, 0.29) is 0 Å². The second-order valence-electron chi connectivity index (χ2n) is 5.57. The number of aliphatic hydroxyl groups excluding tert-OH is 1. The molecule has 1 aromatic rings. The minimum Gasteiger partial charge on any atom is -0.389 e. The van der Waals surface area contributed by atoms with Gasteiger partial charge in [-0.2, -0.15) is 0 Å². The summed E-state index contributed by atoms with van der Waals surface area (Å²) in [6, 6.07) is 7.61. The molecule has 1 atom stereocenters. The first-order chi connectivity index (χ1) is 9.66. The molecule has 0 aromatic heterocycles. The highest BCUT2D eigenvalue weighted by molar-refractivity contribution is 7.80. The number of rotatable bonds is 4. The Bertz CT molecular complexity index is 425. The molecule has 0 bridgehead atoms. The predicted octanol–water partition coefficient (Wildman–Crippen LogP) is 2.62. The van der Waals surface area contributed by atoms with E-state index in [2.05, 4.69) is 4.90 Å². The molecule has 1 aliphatic rings. The van der Waals surface area contributed by atoms with E-state index < -0.39 is 6.10 Å². The van der Waals surface area contributed by atoms with Crippen LogP contribution in [0.3, 0.4) is 0 Å². The lowest BCUT2D eigenvalue weighted by Gasteiger charge is -2.27.